The number of carboxylic acid groups (broad SMARTS) is 2. The third-order valence-corrected chi connectivity index (χ3v) is 8.68. The number of pyridine rings is 1. The Morgan fingerprint density at radius 3 is 2.11 bits per heavy atom. The van der Waals surface area contributed by atoms with Gasteiger partial charge in [-0.3, -0.25) is 9.59 Å². The highest BCUT2D eigenvalue weighted by atomic mass is 19.4. The first-order valence-electron chi connectivity index (χ1n) is 17.1. The third kappa shape index (κ3) is 11.1. The molecule has 1 fully saturated rings. The Bertz CT molecular complexity index is 2200. The van der Waals surface area contributed by atoms with Gasteiger partial charge in [0.1, 0.15) is 11.4 Å². The Balaban J connectivity index is 0.000000440. The van der Waals surface area contributed by atoms with Gasteiger partial charge in [-0.05, 0) is 67.1 Å². The number of nitrogen functional groups attached to an aromatic ring is 2. The Kier molecular flexibility index (Phi) is 13.4. The van der Waals surface area contributed by atoms with Crippen LogP contribution < -0.4 is 27.1 Å². The number of nitrogens with one attached hydrogen (secondary N) is 1. The summed E-state index contributed by atoms with van der Waals surface area (Å²) in [5, 5.41) is 17.7. The van der Waals surface area contributed by atoms with Crippen LogP contribution in [-0.4, -0.2) is 80.6 Å². The maximum atomic E-state index is 13.3. The van der Waals surface area contributed by atoms with Gasteiger partial charge in [-0.1, -0.05) is 12.1 Å². The molecule has 0 radical (unpaired) electrons. The van der Waals surface area contributed by atoms with E-state index in [1.165, 1.54) is 12.5 Å². The van der Waals surface area contributed by atoms with Crippen molar-refractivity contribution in [2.45, 2.75) is 64.0 Å². The van der Waals surface area contributed by atoms with E-state index in [0.717, 1.165) is 53.7 Å². The van der Waals surface area contributed by atoms with Crippen molar-refractivity contribution in [3.05, 3.63) is 75.7 Å². The number of alkyl halides is 6. The highest BCUT2D eigenvalue weighted by molar-refractivity contribution is 5.95. The summed E-state index contributed by atoms with van der Waals surface area (Å²) in [6.07, 6.45) is -4.07. The lowest BCUT2D eigenvalue weighted by Crippen LogP contribution is -2.25. The van der Waals surface area contributed by atoms with Gasteiger partial charge in [0, 0.05) is 67.5 Å². The van der Waals surface area contributed by atoms with Crippen LogP contribution >= 0.6 is 0 Å². The van der Waals surface area contributed by atoms with Crippen molar-refractivity contribution in [3.8, 4) is 11.1 Å². The minimum atomic E-state index is -5.08. The maximum absolute atomic E-state index is 13.3. The molecule has 3 heterocycles. The van der Waals surface area contributed by atoms with Crippen LogP contribution in [0.5, 0.6) is 0 Å². The Morgan fingerprint density at radius 2 is 1.56 bits per heavy atom. The lowest BCUT2D eigenvalue weighted by Gasteiger charge is -2.21. The molecule has 1 saturated carbocycles. The van der Waals surface area contributed by atoms with Crippen molar-refractivity contribution in [2.75, 3.05) is 36.1 Å². The molecule has 7 N–H and O–H groups in total. The zero-order chi connectivity index (χ0) is 42.4. The maximum Gasteiger partial charge on any atom is 0.490 e. The molecule has 6 rings (SSSR count). The lowest BCUT2D eigenvalue weighted by atomic mass is 9.93. The lowest BCUT2D eigenvalue weighted by molar-refractivity contribution is -0.193. The van der Waals surface area contributed by atoms with Crippen molar-refractivity contribution in [1.29, 1.82) is 0 Å². The van der Waals surface area contributed by atoms with Gasteiger partial charge >= 0.3 is 30.3 Å². The first kappa shape index (κ1) is 43.3. The van der Waals surface area contributed by atoms with Crippen LogP contribution in [0.15, 0.2) is 53.6 Å². The predicted octanol–water partition coefficient (Wildman–Crippen LogP) is 5.03. The second-order valence-corrected chi connectivity index (χ2v) is 12.8. The van der Waals surface area contributed by atoms with Crippen molar-refractivity contribution in [2.24, 2.45) is 0 Å². The van der Waals surface area contributed by atoms with Gasteiger partial charge in [0.2, 0.25) is 17.3 Å². The first-order chi connectivity index (χ1) is 26.6. The first-order valence-corrected chi connectivity index (χ1v) is 17.1. The predicted molar refractivity (Wildman–Crippen MR) is 193 cm³/mol. The number of anilines is 3. The van der Waals surface area contributed by atoms with Crippen LogP contribution in [0.2, 0.25) is 0 Å². The van der Waals surface area contributed by atoms with E-state index in [1.807, 2.05) is 18.2 Å². The van der Waals surface area contributed by atoms with Crippen LogP contribution in [0.1, 0.15) is 66.6 Å². The van der Waals surface area contributed by atoms with Gasteiger partial charge in [-0.25, -0.2) is 19.4 Å². The molecule has 2 aromatic carbocycles. The molecule has 4 aromatic rings. The second kappa shape index (κ2) is 17.6. The van der Waals surface area contributed by atoms with Crippen LogP contribution in [0.3, 0.4) is 0 Å². The number of nitrogens with zero attached hydrogens (tertiary/aromatic N) is 4. The fraction of sp³-hybridized carbons (Fsp3) is 0.361. The van der Waals surface area contributed by atoms with E-state index < -0.39 is 30.3 Å². The molecule has 1 unspecified atom stereocenters. The number of rotatable bonds is 9. The Morgan fingerprint density at radius 1 is 0.965 bits per heavy atom. The van der Waals surface area contributed by atoms with Gasteiger partial charge in [0.25, 0.3) is 0 Å². The highest BCUT2D eigenvalue weighted by Gasteiger charge is 2.39. The van der Waals surface area contributed by atoms with Gasteiger partial charge in [-0.15, -0.1) is 0 Å². The third-order valence-electron chi connectivity index (χ3n) is 8.68. The summed E-state index contributed by atoms with van der Waals surface area (Å²) < 4.78 is 70.7. The fourth-order valence-electron chi connectivity index (χ4n) is 5.93. The number of hydrogen-bond donors (Lipinski definition) is 5. The van der Waals surface area contributed by atoms with Crippen molar-refractivity contribution < 1.29 is 60.5 Å². The molecule has 0 bridgehead atoms. The smallest absolute Gasteiger partial charge is 0.475 e. The Labute approximate surface area is 319 Å². The van der Waals surface area contributed by atoms with E-state index in [1.54, 1.807) is 19.3 Å². The average molecular weight is 810 g/mol. The molecule has 2 aliphatic rings. The van der Waals surface area contributed by atoms with Gasteiger partial charge < -0.3 is 41.2 Å². The summed E-state index contributed by atoms with van der Waals surface area (Å²) in [5.41, 5.74) is 17.5. The van der Waals surface area contributed by atoms with E-state index >= 15 is 0 Å². The number of benzene rings is 2. The number of hydrogen-bond acceptors (Lipinski definition) is 11. The minimum Gasteiger partial charge on any atom is -0.475 e. The zero-order valence-electron chi connectivity index (χ0n) is 30.3. The summed E-state index contributed by atoms with van der Waals surface area (Å²) in [4.78, 5) is 65.7. The molecule has 0 saturated heterocycles. The van der Waals surface area contributed by atoms with E-state index in [0.29, 0.717) is 24.3 Å². The number of carbonyl (C=O) groups is 4. The molecule has 1 aliphatic carbocycles. The van der Waals surface area contributed by atoms with Crippen LogP contribution in [0, 0.1) is 0 Å². The number of fused-ring (bicyclic) bond motifs is 2. The molecular formula is C36H37F6N7O8. The number of nitrogens with two attached hydrogens (primary N) is 2. The van der Waals surface area contributed by atoms with Crippen LogP contribution in [0.25, 0.3) is 22.0 Å². The van der Waals surface area contributed by atoms with Gasteiger partial charge in [-0.2, -0.15) is 31.3 Å². The van der Waals surface area contributed by atoms with Crippen molar-refractivity contribution in [3.63, 3.8) is 0 Å². The van der Waals surface area contributed by atoms with Crippen molar-refractivity contribution in [1.82, 2.24) is 19.9 Å². The highest BCUT2D eigenvalue weighted by Crippen LogP contribution is 2.42. The van der Waals surface area contributed by atoms with Crippen molar-refractivity contribution >= 4 is 52.2 Å². The summed E-state index contributed by atoms with van der Waals surface area (Å²) in [6, 6.07) is 12.4. The molecule has 1 atom stereocenters. The fourth-order valence-corrected chi connectivity index (χ4v) is 5.93. The standard InChI is InChI=1S/C32H35N7O4.2C2HF3O2/c1-3-43-31(42)26-17-39(23-6-7-23)28-13-20(4-8-24(28)29(26)41)19-5-9-27-25(12-19)21(10-11-35-18(2)40)15-38(27)16-22-14-36-32(34)37-30(22)33;2*3-2(4,5)1(6)7/h4-5,8-9,12-14,17,21,23H,3,6-7,10-11,15-16H2,1-2H3,(H,35,40)(H4,33,34,36,37);2*(H,6,7). The minimum absolute atomic E-state index is 0.0559. The number of aliphatic carboxylic acids is 2. The molecule has 1 amide bonds. The van der Waals surface area contributed by atoms with Gasteiger partial charge in [0.05, 0.1) is 12.1 Å². The summed E-state index contributed by atoms with van der Waals surface area (Å²) in [5.74, 6) is -5.49. The quantitative estimate of drug-likeness (QED) is 0.110. The number of halogens is 6. The van der Waals surface area contributed by atoms with E-state index in [-0.39, 0.29) is 41.4 Å². The summed E-state index contributed by atoms with van der Waals surface area (Å²) >= 11 is 0. The largest absolute Gasteiger partial charge is 0.490 e. The number of aromatic nitrogens is 3. The number of esters is 1. The molecule has 0 spiro atoms. The number of amides is 1. The van der Waals surface area contributed by atoms with E-state index in [4.69, 9.17) is 36.0 Å². The van der Waals surface area contributed by atoms with Gasteiger partial charge in [0.15, 0.2) is 0 Å². The molecule has 57 heavy (non-hydrogen) atoms. The topological polar surface area (TPSA) is 233 Å². The molecule has 21 heteroatoms. The molecule has 2 aromatic heterocycles. The Hall–Kier alpha value is -6.41. The monoisotopic (exact) mass is 809 g/mol. The normalized spacial score (nSPS) is 14.7. The second-order valence-electron chi connectivity index (χ2n) is 12.8. The molecule has 1 aliphatic heterocycles. The SMILES string of the molecule is CCOC(=O)c1cn(C2CC2)c2cc(-c3ccc4c(c3)C(CCNC(C)=O)CN4Cc3cnc(N)nc3N)ccc2c1=O.O=C(O)C(F)(F)F.O=C(O)C(F)(F)F. The summed E-state index contributed by atoms with van der Waals surface area (Å²) in [7, 11) is 0. The van der Waals surface area contributed by atoms with Crippen LogP contribution in [0.4, 0.5) is 43.8 Å². The molecular weight excluding hydrogens is 772 g/mol. The average Bonchev–Trinajstić information content (AvgIpc) is 3.91. The molecule has 15 nitrogen and oxygen atoms in total. The number of carbonyl (C=O) groups excluding carboxylic acids is 2. The zero-order valence-corrected chi connectivity index (χ0v) is 30.3. The van der Waals surface area contributed by atoms with E-state index in [9.17, 15) is 40.7 Å². The van der Waals surface area contributed by atoms with E-state index in [2.05, 4.69) is 43.0 Å². The van der Waals surface area contributed by atoms with Crippen LogP contribution in [-0.2, 0) is 25.7 Å². The summed E-state index contributed by atoms with van der Waals surface area (Å²) in [6.45, 7) is 5.30. The number of ether oxygens (including phenoxy) is 1. The number of carboxylic acids is 2. The molecule has 306 valence electrons.